The van der Waals surface area contributed by atoms with Crippen LogP contribution in [0.3, 0.4) is 0 Å². The molecular weight excluding hydrogens is 454 g/mol. The first-order valence-corrected chi connectivity index (χ1v) is 11.3. The van der Waals surface area contributed by atoms with E-state index in [1.807, 2.05) is 89.6 Å². The van der Waals surface area contributed by atoms with E-state index in [1.165, 1.54) is 24.3 Å². The van der Waals surface area contributed by atoms with Crippen molar-refractivity contribution in [3.8, 4) is 16.9 Å². The van der Waals surface area contributed by atoms with Gasteiger partial charge in [-0.2, -0.15) is 10.3 Å². The molecule has 4 aromatic carbocycles. The Bertz CT molecular complexity index is 1470. The molecule has 0 spiro atoms. The average molecular weight is 478 g/mol. The summed E-state index contributed by atoms with van der Waals surface area (Å²) in [4.78, 5) is 12.9. The van der Waals surface area contributed by atoms with Crippen molar-refractivity contribution in [2.45, 2.75) is 0 Å². The van der Waals surface area contributed by atoms with Crippen molar-refractivity contribution in [1.29, 1.82) is 0 Å². The lowest BCUT2D eigenvalue weighted by molar-refractivity contribution is -0.991. The van der Waals surface area contributed by atoms with Gasteiger partial charge in [0.25, 0.3) is 5.91 Å². The smallest absolute Gasteiger partial charge is 0.255 e. The molecule has 8 nitrogen and oxygen atoms in total. The summed E-state index contributed by atoms with van der Waals surface area (Å²) < 4.78 is 1.82. The minimum absolute atomic E-state index is 0.122. The minimum Gasteiger partial charge on any atom is -0.595 e. The first kappa shape index (κ1) is 23.0. The summed E-state index contributed by atoms with van der Waals surface area (Å²) in [6, 6.07) is 34.9. The zero-order valence-corrected chi connectivity index (χ0v) is 19.1. The highest BCUT2D eigenvalue weighted by atomic mass is 16.8. The number of carbonyl (C=O) groups excluding carboxylic acids is 1. The summed E-state index contributed by atoms with van der Waals surface area (Å²) in [5, 5.41) is 30.3. The quantitative estimate of drug-likeness (QED) is 0.249. The molecule has 1 amide bonds. The fourth-order valence-electron chi connectivity index (χ4n) is 3.78. The number of para-hydroxylation sites is 3. The number of aromatic nitrogens is 2. The molecule has 0 saturated heterocycles. The van der Waals surface area contributed by atoms with Crippen molar-refractivity contribution >= 4 is 28.8 Å². The number of rotatable bonds is 7. The molecule has 4 N–H and O–H groups in total. The fraction of sp³-hybridized carbons (Fsp3) is 0. The van der Waals surface area contributed by atoms with Crippen LogP contribution in [0.5, 0.6) is 0 Å². The Morgan fingerprint density at radius 2 is 1.42 bits per heavy atom. The monoisotopic (exact) mass is 477 g/mol. The van der Waals surface area contributed by atoms with Gasteiger partial charge in [-0.05, 0) is 36.4 Å². The molecular formula is C28H23N5O3. The highest BCUT2D eigenvalue weighted by molar-refractivity contribution is 6.06. The normalized spacial score (nSPS) is 11.6. The fourth-order valence-corrected chi connectivity index (χ4v) is 3.78. The number of anilines is 3. The van der Waals surface area contributed by atoms with E-state index in [4.69, 9.17) is 10.3 Å². The van der Waals surface area contributed by atoms with E-state index in [1.54, 1.807) is 6.07 Å². The maximum absolute atomic E-state index is 12.9. The second kappa shape index (κ2) is 10.2. The lowest BCUT2D eigenvalue weighted by Gasteiger charge is -2.15. The van der Waals surface area contributed by atoms with Crippen LogP contribution in [0.4, 0.5) is 22.9 Å². The predicted molar refractivity (Wildman–Crippen MR) is 139 cm³/mol. The van der Waals surface area contributed by atoms with Gasteiger partial charge >= 0.3 is 0 Å². The van der Waals surface area contributed by atoms with Crippen LogP contribution in [0.25, 0.3) is 16.9 Å². The number of carbonyl (C=O) groups is 1. The van der Waals surface area contributed by atoms with E-state index >= 15 is 0 Å². The van der Waals surface area contributed by atoms with Gasteiger partial charge in [-0.25, -0.2) is 9.89 Å². The van der Waals surface area contributed by atoms with Gasteiger partial charge in [0, 0.05) is 29.3 Å². The molecule has 1 heterocycles. The lowest BCUT2D eigenvalue weighted by atomic mass is 10.1. The van der Waals surface area contributed by atoms with Crippen LogP contribution in [0, 0.1) is 5.21 Å². The molecule has 0 aliphatic rings. The second-order valence-corrected chi connectivity index (χ2v) is 8.04. The van der Waals surface area contributed by atoms with E-state index in [0.717, 1.165) is 22.8 Å². The van der Waals surface area contributed by atoms with Crippen LogP contribution in [-0.2, 0) is 0 Å². The Kier molecular flexibility index (Phi) is 6.55. The molecule has 1 unspecified atom stereocenters. The number of benzene rings is 4. The third-order valence-corrected chi connectivity index (χ3v) is 5.61. The standard InChI is InChI=1S/C28H23N5O3/c34-28(21-15-17-23(18-16-21)33(35)36)30-25-14-8-7-13-24(25)29-27-19-26(20-9-3-1-4-10-20)31-32(27)22-11-5-2-6-12-22/h1-19,29,33,35H,(H,30,34). The number of amides is 1. The van der Waals surface area contributed by atoms with Gasteiger partial charge in [-0.15, -0.1) is 0 Å². The van der Waals surface area contributed by atoms with Gasteiger partial charge in [-0.3, -0.25) is 4.79 Å². The Labute approximate surface area is 207 Å². The summed E-state index contributed by atoms with van der Waals surface area (Å²) in [6.07, 6.45) is 0. The molecule has 0 bridgehead atoms. The van der Waals surface area contributed by atoms with Crippen molar-refractivity contribution in [2.75, 3.05) is 10.6 Å². The zero-order chi connectivity index (χ0) is 24.9. The van der Waals surface area contributed by atoms with Crippen LogP contribution in [0.15, 0.2) is 115 Å². The Balaban J connectivity index is 1.46. The van der Waals surface area contributed by atoms with E-state index < -0.39 is 5.23 Å². The van der Waals surface area contributed by atoms with Gasteiger partial charge in [0.15, 0.2) is 5.69 Å². The molecule has 178 valence electrons. The van der Waals surface area contributed by atoms with E-state index in [0.29, 0.717) is 16.9 Å². The molecule has 1 aromatic heterocycles. The highest BCUT2D eigenvalue weighted by Crippen LogP contribution is 2.30. The summed E-state index contributed by atoms with van der Waals surface area (Å²) in [6.45, 7) is 0. The molecule has 8 heteroatoms. The lowest BCUT2D eigenvalue weighted by Crippen LogP contribution is -2.99. The number of hydrogen-bond donors (Lipinski definition) is 4. The molecule has 5 aromatic rings. The van der Waals surface area contributed by atoms with Crippen LogP contribution < -0.4 is 15.9 Å². The number of hydrogen-bond acceptors (Lipinski definition) is 5. The van der Waals surface area contributed by atoms with Crippen molar-refractivity contribution in [3.63, 3.8) is 0 Å². The number of nitrogens with one attached hydrogen (secondary N) is 3. The Morgan fingerprint density at radius 1 is 0.806 bits per heavy atom. The number of quaternary nitrogens is 1. The Hall–Kier alpha value is -4.76. The van der Waals surface area contributed by atoms with E-state index in [-0.39, 0.29) is 11.6 Å². The van der Waals surface area contributed by atoms with Crippen LogP contribution in [0.2, 0.25) is 0 Å². The summed E-state index contributed by atoms with van der Waals surface area (Å²) in [7, 11) is 0. The molecule has 0 aliphatic heterocycles. The number of nitrogens with zero attached hydrogens (tertiary/aromatic N) is 2. The first-order chi connectivity index (χ1) is 17.6. The summed E-state index contributed by atoms with van der Waals surface area (Å²) >= 11 is 0. The van der Waals surface area contributed by atoms with Crippen LogP contribution >= 0.6 is 0 Å². The zero-order valence-electron chi connectivity index (χ0n) is 19.1. The molecule has 0 aliphatic carbocycles. The van der Waals surface area contributed by atoms with Crippen molar-refractivity contribution < 1.29 is 15.2 Å². The van der Waals surface area contributed by atoms with Crippen LogP contribution in [0.1, 0.15) is 10.4 Å². The topological polar surface area (TPSA) is 107 Å². The largest absolute Gasteiger partial charge is 0.595 e. The Morgan fingerprint density at radius 3 is 2.08 bits per heavy atom. The maximum Gasteiger partial charge on any atom is 0.255 e. The van der Waals surface area contributed by atoms with E-state index in [2.05, 4.69) is 10.6 Å². The van der Waals surface area contributed by atoms with Gasteiger partial charge in [0.05, 0.1) is 22.8 Å². The van der Waals surface area contributed by atoms with Gasteiger partial charge < -0.3 is 15.8 Å². The minimum atomic E-state index is -1.04. The first-order valence-electron chi connectivity index (χ1n) is 11.3. The molecule has 0 fully saturated rings. The van der Waals surface area contributed by atoms with Gasteiger partial charge in [0.2, 0.25) is 0 Å². The third kappa shape index (κ3) is 5.01. The maximum atomic E-state index is 12.9. The van der Waals surface area contributed by atoms with Gasteiger partial charge in [0.1, 0.15) is 5.82 Å². The summed E-state index contributed by atoms with van der Waals surface area (Å²) in [5.41, 5.74) is 4.43. The molecule has 1 atom stereocenters. The molecule has 5 rings (SSSR count). The highest BCUT2D eigenvalue weighted by Gasteiger charge is 2.15. The molecule has 0 saturated carbocycles. The predicted octanol–water partition coefficient (Wildman–Crippen LogP) is 4.94. The molecule has 0 radical (unpaired) electrons. The van der Waals surface area contributed by atoms with E-state index in [9.17, 15) is 10.0 Å². The third-order valence-electron chi connectivity index (χ3n) is 5.61. The van der Waals surface area contributed by atoms with Gasteiger partial charge in [-0.1, -0.05) is 60.7 Å². The van der Waals surface area contributed by atoms with Crippen molar-refractivity contribution in [2.24, 2.45) is 0 Å². The van der Waals surface area contributed by atoms with Crippen molar-refractivity contribution in [1.82, 2.24) is 9.78 Å². The van der Waals surface area contributed by atoms with Crippen molar-refractivity contribution in [3.05, 3.63) is 126 Å². The second-order valence-electron chi connectivity index (χ2n) is 8.04. The average Bonchev–Trinajstić information content (AvgIpc) is 3.34. The van der Waals surface area contributed by atoms with Crippen LogP contribution in [-0.4, -0.2) is 20.9 Å². The SMILES string of the molecule is O=C(Nc1ccccc1Nc1cc(-c2ccccc2)nn1-c1ccccc1)c1ccc([NH+]([O-])O)cc1. The summed E-state index contributed by atoms with van der Waals surface area (Å²) in [5.74, 6) is 0.385. The molecule has 36 heavy (non-hydrogen) atoms.